The minimum atomic E-state index is -4.47. The van der Waals surface area contributed by atoms with E-state index in [0.717, 1.165) is 17.0 Å². The molecule has 1 amide bonds. The van der Waals surface area contributed by atoms with E-state index in [9.17, 15) is 18.0 Å². The van der Waals surface area contributed by atoms with Gasteiger partial charge in [-0.05, 0) is 37.3 Å². The smallest absolute Gasteiger partial charge is 0.378 e. The van der Waals surface area contributed by atoms with Gasteiger partial charge in [0.15, 0.2) is 0 Å². The van der Waals surface area contributed by atoms with E-state index in [1.807, 2.05) is 11.8 Å². The van der Waals surface area contributed by atoms with E-state index in [0.29, 0.717) is 36.9 Å². The number of carbonyl (C=O) groups is 1. The first-order valence-electron chi connectivity index (χ1n) is 7.76. The van der Waals surface area contributed by atoms with E-state index in [1.165, 1.54) is 17.4 Å². The molecule has 0 aliphatic carbocycles. The average molecular weight is 370 g/mol. The number of ether oxygens (including phenoxy) is 1. The molecule has 2 heterocycles. The van der Waals surface area contributed by atoms with E-state index < -0.39 is 17.6 Å². The van der Waals surface area contributed by atoms with E-state index in [4.69, 9.17) is 4.74 Å². The van der Waals surface area contributed by atoms with Crippen molar-refractivity contribution in [2.24, 2.45) is 0 Å². The van der Waals surface area contributed by atoms with E-state index in [-0.39, 0.29) is 5.69 Å². The Balaban J connectivity index is 1.93. The number of hydrogen-bond donors (Lipinski definition) is 1. The second-order valence-electron chi connectivity index (χ2n) is 5.69. The van der Waals surface area contributed by atoms with E-state index in [1.54, 1.807) is 12.1 Å². The number of benzene rings is 1. The molecule has 1 N–H and O–H groups in total. The Kier molecular flexibility index (Phi) is 5.01. The van der Waals surface area contributed by atoms with Crippen molar-refractivity contribution in [3.05, 3.63) is 45.6 Å². The normalized spacial score (nSPS) is 15.3. The van der Waals surface area contributed by atoms with Crippen molar-refractivity contribution in [2.45, 2.75) is 13.1 Å². The van der Waals surface area contributed by atoms with Gasteiger partial charge in [0.2, 0.25) is 0 Å². The highest BCUT2D eigenvalue weighted by Gasteiger charge is 2.32. The van der Waals surface area contributed by atoms with Crippen LogP contribution >= 0.6 is 11.3 Å². The second kappa shape index (κ2) is 7.05. The molecule has 1 saturated heterocycles. The SMILES string of the molecule is Cc1ccc(C(=O)Nc2cc(C(F)(F)F)ccc2N2CCOCC2)s1. The lowest BCUT2D eigenvalue weighted by molar-refractivity contribution is -0.137. The van der Waals surface area contributed by atoms with Gasteiger partial charge in [-0.1, -0.05) is 0 Å². The predicted octanol–water partition coefficient (Wildman–Crippen LogP) is 4.16. The number of nitrogens with one attached hydrogen (secondary N) is 1. The molecule has 0 spiro atoms. The molecule has 1 fully saturated rings. The topological polar surface area (TPSA) is 41.6 Å². The highest BCUT2D eigenvalue weighted by Crippen LogP contribution is 2.36. The van der Waals surface area contributed by atoms with Crippen molar-refractivity contribution in [1.82, 2.24) is 0 Å². The summed E-state index contributed by atoms with van der Waals surface area (Å²) in [6.07, 6.45) is -4.47. The van der Waals surface area contributed by atoms with Gasteiger partial charge in [0.05, 0.1) is 35.0 Å². The van der Waals surface area contributed by atoms with Crippen molar-refractivity contribution in [1.29, 1.82) is 0 Å². The quantitative estimate of drug-likeness (QED) is 0.882. The zero-order valence-corrected chi connectivity index (χ0v) is 14.3. The van der Waals surface area contributed by atoms with Crippen LogP contribution in [0, 0.1) is 6.92 Å². The number of hydrogen-bond acceptors (Lipinski definition) is 4. The number of carbonyl (C=O) groups excluding carboxylic acids is 1. The molecule has 0 radical (unpaired) electrons. The highest BCUT2D eigenvalue weighted by molar-refractivity contribution is 7.14. The Morgan fingerprint density at radius 3 is 2.52 bits per heavy atom. The maximum Gasteiger partial charge on any atom is 0.416 e. The minimum absolute atomic E-state index is 0.160. The molecule has 1 aliphatic heterocycles. The summed E-state index contributed by atoms with van der Waals surface area (Å²) in [6.45, 7) is 3.99. The number of amides is 1. The first-order valence-corrected chi connectivity index (χ1v) is 8.58. The van der Waals surface area contributed by atoms with Gasteiger partial charge in [-0.2, -0.15) is 13.2 Å². The molecule has 1 aromatic carbocycles. The maximum atomic E-state index is 13.1. The molecule has 0 bridgehead atoms. The third kappa shape index (κ3) is 4.13. The lowest BCUT2D eigenvalue weighted by Gasteiger charge is -2.31. The van der Waals surface area contributed by atoms with Gasteiger partial charge >= 0.3 is 6.18 Å². The summed E-state index contributed by atoms with van der Waals surface area (Å²) in [5.41, 5.74) is -0.0622. The molecular formula is C17H17F3N2O2S. The molecule has 1 aromatic heterocycles. The maximum absolute atomic E-state index is 13.1. The minimum Gasteiger partial charge on any atom is -0.378 e. The molecule has 1 aliphatic rings. The standard InChI is InChI=1S/C17H17F3N2O2S/c1-11-2-5-15(25-11)16(23)21-13-10-12(17(18,19)20)3-4-14(13)22-6-8-24-9-7-22/h2-5,10H,6-9H2,1H3,(H,21,23). The first-order chi connectivity index (χ1) is 11.8. The Bertz CT molecular complexity index is 767. The number of nitrogens with zero attached hydrogens (tertiary/aromatic N) is 1. The van der Waals surface area contributed by atoms with Crippen LogP contribution < -0.4 is 10.2 Å². The van der Waals surface area contributed by atoms with Gasteiger partial charge in [0.25, 0.3) is 5.91 Å². The fraction of sp³-hybridized carbons (Fsp3) is 0.353. The number of thiophene rings is 1. The summed E-state index contributed by atoms with van der Waals surface area (Å²) in [4.78, 5) is 15.7. The molecule has 3 rings (SSSR count). The Hall–Kier alpha value is -2.06. The highest BCUT2D eigenvalue weighted by atomic mass is 32.1. The average Bonchev–Trinajstić information content (AvgIpc) is 3.01. The number of morpholine rings is 1. The van der Waals surface area contributed by atoms with Crippen LogP contribution in [0.15, 0.2) is 30.3 Å². The first kappa shape index (κ1) is 17.8. The summed E-state index contributed by atoms with van der Waals surface area (Å²) in [6, 6.07) is 6.90. The third-order valence-corrected chi connectivity index (χ3v) is 4.89. The van der Waals surface area contributed by atoms with Crippen molar-refractivity contribution < 1.29 is 22.7 Å². The zero-order valence-electron chi connectivity index (χ0n) is 13.5. The van der Waals surface area contributed by atoms with Crippen molar-refractivity contribution >= 4 is 28.6 Å². The molecule has 25 heavy (non-hydrogen) atoms. The molecule has 0 saturated carbocycles. The molecule has 0 atom stereocenters. The molecule has 134 valence electrons. The lowest BCUT2D eigenvalue weighted by Crippen LogP contribution is -2.36. The van der Waals surface area contributed by atoms with Crippen molar-refractivity contribution in [3.63, 3.8) is 0 Å². The number of rotatable bonds is 3. The fourth-order valence-corrected chi connectivity index (χ4v) is 3.40. The monoisotopic (exact) mass is 370 g/mol. The van der Waals surface area contributed by atoms with Crippen LogP contribution in [-0.4, -0.2) is 32.2 Å². The van der Waals surface area contributed by atoms with Crippen LogP contribution in [0.1, 0.15) is 20.1 Å². The summed E-state index contributed by atoms with van der Waals surface area (Å²) >= 11 is 1.30. The third-order valence-electron chi connectivity index (χ3n) is 3.89. The summed E-state index contributed by atoms with van der Waals surface area (Å²) in [5, 5.41) is 2.64. The lowest BCUT2D eigenvalue weighted by atomic mass is 10.1. The van der Waals surface area contributed by atoms with E-state index >= 15 is 0 Å². The van der Waals surface area contributed by atoms with Gasteiger partial charge in [-0.15, -0.1) is 11.3 Å². The molecule has 0 unspecified atom stereocenters. The number of aryl methyl sites for hydroxylation is 1. The van der Waals surface area contributed by atoms with Crippen molar-refractivity contribution in [3.8, 4) is 0 Å². The largest absolute Gasteiger partial charge is 0.416 e. The van der Waals surface area contributed by atoms with Crippen LogP contribution in [0.5, 0.6) is 0 Å². The number of anilines is 2. The van der Waals surface area contributed by atoms with Gasteiger partial charge in [0, 0.05) is 18.0 Å². The van der Waals surface area contributed by atoms with Gasteiger partial charge in [-0.3, -0.25) is 4.79 Å². The van der Waals surface area contributed by atoms with Gasteiger partial charge in [-0.25, -0.2) is 0 Å². The van der Waals surface area contributed by atoms with Crippen molar-refractivity contribution in [2.75, 3.05) is 36.5 Å². The molecule has 4 nitrogen and oxygen atoms in total. The zero-order chi connectivity index (χ0) is 18.0. The molecule has 2 aromatic rings. The van der Waals surface area contributed by atoms with Gasteiger partial charge in [0.1, 0.15) is 0 Å². The molecular weight excluding hydrogens is 353 g/mol. The summed E-state index contributed by atoms with van der Waals surface area (Å²) in [7, 11) is 0. The van der Waals surface area contributed by atoms with Crippen LogP contribution in [0.2, 0.25) is 0 Å². The fourth-order valence-electron chi connectivity index (χ4n) is 2.63. The van der Waals surface area contributed by atoms with Crippen LogP contribution in [-0.2, 0) is 10.9 Å². The van der Waals surface area contributed by atoms with E-state index in [2.05, 4.69) is 5.32 Å². The number of alkyl halides is 3. The van der Waals surface area contributed by atoms with Crippen LogP contribution in [0.3, 0.4) is 0 Å². The summed E-state index contributed by atoms with van der Waals surface area (Å²) < 4.78 is 44.5. The van der Waals surface area contributed by atoms with Crippen LogP contribution in [0.4, 0.5) is 24.5 Å². The predicted molar refractivity (Wildman–Crippen MR) is 91.5 cm³/mol. The second-order valence-corrected chi connectivity index (χ2v) is 6.98. The Morgan fingerprint density at radius 2 is 1.92 bits per heavy atom. The Morgan fingerprint density at radius 1 is 1.20 bits per heavy atom. The molecule has 8 heteroatoms. The Labute approximate surface area is 147 Å². The van der Waals surface area contributed by atoms with Crippen LogP contribution in [0.25, 0.3) is 0 Å². The summed E-state index contributed by atoms with van der Waals surface area (Å²) in [5.74, 6) is -0.410. The van der Waals surface area contributed by atoms with Gasteiger partial charge < -0.3 is 15.0 Å². The number of halogens is 3.